The molecule has 2 rings (SSSR count). The number of carbonyl (C=O) groups is 1. The second-order valence-electron chi connectivity index (χ2n) is 4.26. The molecule has 1 amide bonds. The molecule has 0 aromatic heterocycles. The van der Waals surface area contributed by atoms with Crippen LogP contribution in [-0.2, 0) is 11.2 Å². The van der Waals surface area contributed by atoms with Crippen LogP contribution in [0.5, 0.6) is 0 Å². The third-order valence-corrected chi connectivity index (χ3v) is 3.12. The number of amides is 1. The Morgan fingerprint density at radius 2 is 2.44 bits per heavy atom. The van der Waals surface area contributed by atoms with E-state index in [1.54, 1.807) is 12.1 Å². The first-order valence-corrected chi connectivity index (χ1v) is 5.71. The summed E-state index contributed by atoms with van der Waals surface area (Å²) in [4.78, 5) is 12.0. The second-order valence-corrected chi connectivity index (χ2v) is 4.26. The number of carboxylic acid groups (broad SMARTS) is 1. The van der Waals surface area contributed by atoms with Crippen LogP contribution in [0.4, 0.5) is 4.79 Å². The first-order chi connectivity index (χ1) is 8.63. The molecule has 1 aromatic rings. The van der Waals surface area contributed by atoms with Gasteiger partial charge >= 0.3 is 6.09 Å². The van der Waals surface area contributed by atoms with Crippen molar-refractivity contribution in [3.8, 4) is 6.07 Å². The molecular formula is C13H14N2O3. The lowest BCUT2D eigenvalue weighted by molar-refractivity contribution is 0.0223. The molecule has 0 saturated carbocycles. The summed E-state index contributed by atoms with van der Waals surface area (Å²) < 4.78 is 5.61. The Balaban J connectivity index is 2.29. The Labute approximate surface area is 105 Å². The van der Waals surface area contributed by atoms with Crippen molar-refractivity contribution < 1.29 is 14.6 Å². The smallest absolute Gasteiger partial charge is 0.407 e. The molecule has 0 bridgehead atoms. The minimum Gasteiger partial charge on any atom is -0.465 e. The predicted octanol–water partition coefficient (Wildman–Crippen LogP) is 1.78. The van der Waals surface area contributed by atoms with E-state index in [1.807, 2.05) is 6.07 Å². The third-order valence-electron chi connectivity index (χ3n) is 3.12. The van der Waals surface area contributed by atoms with E-state index >= 15 is 0 Å². The number of fused-ring (bicyclic) bond motifs is 1. The highest BCUT2D eigenvalue weighted by atomic mass is 16.5. The minimum absolute atomic E-state index is 0.275. The molecule has 0 saturated heterocycles. The molecule has 1 unspecified atom stereocenters. The number of likely N-dealkylation sites (N-methyl/N-ethyl adjacent to an activating group) is 1. The van der Waals surface area contributed by atoms with Gasteiger partial charge in [0.1, 0.15) is 6.10 Å². The van der Waals surface area contributed by atoms with Gasteiger partial charge in [-0.3, -0.25) is 0 Å². The Hall–Kier alpha value is -2.06. The Kier molecular flexibility index (Phi) is 3.49. The lowest BCUT2D eigenvalue weighted by Crippen LogP contribution is -2.32. The molecule has 1 aliphatic heterocycles. The molecule has 1 aromatic carbocycles. The number of nitriles is 1. The van der Waals surface area contributed by atoms with Gasteiger partial charge in [-0.15, -0.1) is 0 Å². The topological polar surface area (TPSA) is 73.6 Å². The predicted molar refractivity (Wildman–Crippen MR) is 64.2 cm³/mol. The van der Waals surface area contributed by atoms with E-state index < -0.39 is 6.09 Å². The van der Waals surface area contributed by atoms with Crippen LogP contribution >= 0.6 is 0 Å². The van der Waals surface area contributed by atoms with Gasteiger partial charge in [0.05, 0.1) is 24.8 Å². The molecule has 1 aliphatic rings. The molecule has 0 aliphatic carbocycles. The van der Waals surface area contributed by atoms with E-state index in [2.05, 4.69) is 6.07 Å². The molecule has 1 atom stereocenters. The summed E-state index contributed by atoms with van der Waals surface area (Å²) in [7, 11) is 1.51. The van der Waals surface area contributed by atoms with E-state index in [1.165, 1.54) is 11.9 Å². The van der Waals surface area contributed by atoms with E-state index in [0.717, 1.165) is 11.1 Å². The van der Waals surface area contributed by atoms with Crippen molar-refractivity contribution in [3.63, 3.8) is 0 Å². The van der Waals surface area contributed by atoms with Gasteiger partial charge in [-0.05, 0) is 23.6 Å². The number of ether oxygens (including phenoxy) is 1. The molecule has 5 heteroatoms. The van der Waals surface area contributed by atoms with Crippen LogP contribution in [0.2, 0.25) is 0 Å². The first kappa shape index (κ1) is 12.4. The fraction of sp³-hybridized carbons (Fsp3) is 0.385. The molecule has 18 heavy (non-hydrogen) atoms. The monoisotopic (exact) mass is 246 g/mol. The number of hydrogen-bond donors (Lipinski definition) is 1. The maximum atomic E-state index is 10.8. The van der Waals surface area contributed by atoms with Crippen LogP contribution in [0.25, 0.3) is 0 Å². The number of nitrogens with zero attached hydrogens (tertiary/aromatic N) is 2. The van der Waals surface area contributed by atoms with Crippen LogP contribution in [-0.4, -0.2) is 36.3 Å². The van der Waals surface area contributed by atoms with Crippen LogP contribution in [0, 0.1) is 11.3 Å². The molecule has 1 N–H and O–H groups in total. The van der Waals surface area contributed by atoms with Crippen molar-refractivity contribution in [3.05, 3.63) is 34.9 Å². The van der Waals surface area contributed by atoms with Gasteiger partial charge in [0.25, 0.3) is 0 Å². The van der Waals surface area contributed by atoms with E-state index in [4.69, 9.17) is 15.1 Å². The minimum atomic E-state index is -0.984. The Morgan fingerprint density at radius 3 is 3.11 bits per heavy atom. The Morgan fingerprint density at radius 1 is 1.67 bits per heavy atom. The van der Waals surface area contributed by atoms with Gasteiger partial charge < -0.3 is 14.7 Å². The summed E-state index contributed by atoms with van der Waals surface area (Å²) in [5.41, 5.74) is 2.56. The van der Waals surface area contributed by atoms with Gasteiger partial charge in [0.15, 0.2) is 0 Å². The average Bonchev–Trinajstić information content (AvgIpc) is 2.38. The van der Waals surface area contributed by atoms with Crippen LogP contribution in [0.3, 0.4) is 0 Å². The average molecular weight is 246 g/mol. The normalized spacial score (nSPS) is 17.7. The quantitative estimate of drug-likeness (QED) is 0.863. The van der Waals surface area contributed by atoms with E-state index in [-0.39, 0.29) is 12.6 Å². The van der Waals surface area contributed by atoms with Crippen molar-refractivity contribution in [2.45, 2.75) is 12.5 Å². The molecule has 0 fully saturated rings. The van der Waals surface area contributed by atoms with Gasteiger partial charge in [-0.2, -0.15) is 5.26 Å². The van der Waals surface area contributed by atoms with Crippen molar-refractivity contribution >= 4 is 6.09 Å². The second kappa shape index (κ2) is 5.07. The van der Waals surface area contributed by atoms with Gasteiger partial charge in [0.2, 0.25) is 0 Å². The van der Waals surface area contributed by atoms with Crippen LogP contribution in [0.1, 0.15) is 22.8 Å². The molecule has 5 nitrogen and oxygen atoms in total. The summed E-state index contributed by atoms with van der Waals surface area (Å²) in [5.74, 6) is 0. The van der Waals surface area contributed by atoms with E-state index in [9.17, 15) is 4.79 Å². The zero-order valence-electron chi connectivity index (χ0n) is 10.1. The summed E-state index contributed by atoms with van der Waals surface area (Å²) in [5, 5.41) is 17.9. The lowest BCUT2D eigenvalue weighted by atomic mass is 9.93. The van der Waals surface area contributed by atoms with Crippen molar-refractivity contribution in [2.24, 2.45) is 0 Å². The first-order valence-electron chi connectivity index (χ1n) is 5.71. The molecular weight excluding hydrogens is 232 g/mol. The van der Waals surface area contributed by atoms with Crippen molar-refractivity contribution in [1.82, 2.24) is 4.90 Å². The van der Waals surface area contributed by atoms with Gasteiger partial charge in [-0.1, -0.05) is 12.1 Å². The maximum absolute atomic E-state index is 10.8. The maximum Gasteiger partial charge on any atom is 0.407 e. The molecule has 94 valence electrons. The third kappa shape index (κ3) is 2.29. The summed E-state index contributed by atoms with van der Waals surface area (Å²) >= 11 is 0. The fourth-order valence-electron chi connectivity index (χ4n) is 2.16. The zero-order valence-corrected chi connectivity index (χ0v) is 10.1. The van der Waals surface area contributed by atoms with Crippen LogP contribution in [0.15, 0.2) is 18.2 Å². The lowest BCUT2D eigenvalue weighted by Gasteiger charge is -2.29. The summed E-state index contributed by atoms with van der Waals surface area (Å²) in [6.45, 7) is 0.793. The fourth-order valence-corrected chi connectivity index (χ4v) is 2.16. The highest BCUT2D eigenvalue weighted by Crippen LogP contribution is 2.29. The van der Waals surface area contributed by atoms with Crippen LogP contribution < -0.4 is 0 Å². The summed E-state index contributed by atoms with van der Waals surface area (Å²) in [6, 6.07) is 7.65. The standard InChI is InChI=1S/C13H14N2O3/c1-15(13(16)17)8-12-11-4-2-3-9(7-14)10(11)5-6-18-12/h2-4,12H,5-6,8H2,1H3,(H,16,17). The molecule has 0 radical (unpaired) electrons. The summed E-state index contributed by atoms with van der Waals surface area (Å²) in [6.07, 6.45) is -0.572. The number of rotatable bonds is 2. The largest absolute Gasteiger partial charge is 0.465 e. The van der Waals surface area contributed by atoms with Gasteiger partial charge in [-0.25, -0.2) is 4.79 Å². The van der Waals surface area contributed by atoms with Crippen molar-refractivity contribution in [2.75, 3.05) is 20.2 Å². The number of hydrogen-bond acceptors (Lipinski definition) is 3. The molecule has 1 heterocycles. The Bertz CT molecular complexity index is 507. The number of benzene rings is 1. The highest BCUT2D eigenvalue weighted by Gasteiger charge is 2.25. The van der Waals surface area contributed by atoms with E-state index in [0.29, 0.717) is 18.6 Å². The SMILES string of the molecule is CN(CC1OCCc2c(C#N)cccc21)C(=O)O. The van der Waals surface area contributed by atoms with Gasteiger partial charge in [0, 0.05) is 7.05 Å². The highest BCUT2D eigenvalue weighted by molar-refractivity contribution is 5.64. The zero-order chi connectivity index (χ0) is 13.1. The molecule has 0 spiro atoms. The van der Waals surface area contributed by atoms with Crippen molar-refractivity contribution in [1.29, 1.82) is 5.26 Å².